The molecule has 0 aliphatic rings. The number of ether oxygens (including phenoxy) is 3. The lowest BCUT2D eigenvalue weighted by Crippen LogP contribution is -2.16. The first-order valence-electron chi connectivity index (χ1n) is 8.41. The second kappa shape index (κ2) is 10.9. The quantitative estimate of drug-likeness (QED) is 0.614. The van der Waals surface area contributed by atoms with Crippen LogP contribution < -0.4 is 14.8 Å². The van der Waals surface area contributed by atoms with Gasteiger partial charge in [0, 0.05) is 37.7 Å². The van der Waals surface area contributed by atoms with Gasteiger partial charge in [0.1, 0.15) is 6.61 Å². The number of aromatic nitrogens is 1. The summed E-state index contributed by atoms with van der Waals surface area (Å²) >= 11 is 6.39. The van der Waals surface area contributed by atoms with Crippen LogP contribution in [0.15, 0.2) is 36.7 Å². The number of rotatable bonds is 11. The molecule has 0 spiro atoms. The molecule has 0 saturated heterocycles. The zero-order valence-corrected chi connectivity index (χ0v) is 15.5. The summed E-state index contributed by atoms with van der Waals surface area (Å²) in [5, 5.41) is 3.91. The van der Waals surface area contributed by atoms with Crippen molar-refractivity contribution in [3.05, 3.63) is 52.8 Å². The minimum atomic E-state index is 0.388. The lowest BCUT2D eigenvalue weighted by Gasteiger charge is -2.14. The van der Waals surface area contributed by atoms with Gasteiger partial charge < -0.3 is 19.5 Å². The van der Waals surface area contributed by atoms with Crippen LogP contribution in [0.2, 0.25) is 5.02 Å². The number of benzene rings is 1. The third kappa shape index (κ3) is 6.53. The van der Waals surface area contributed by atoms with E-state index in [-0.39, 0.29) is 0 Å². The van der Waals surface area contributed by atoms with Gasteiger partial charge >= 0.3 is 0 Å². The molecule has 0 aliphatic carbocycles. The highest BCUT2D eigenvalue weighted by atomic mass is 35.5. The number of hydrogen-bond acceptors (Lipinski definition) is 5. The summed E-state index contributed by atoms with van der Waals surface area (Å²) in [5.74, 6) is 1.18. The van der Waals surface area contributed by atoms with Gasteiger partial charge in [0.15, 0.2) is 11.5 Å². The molecule has 1 aromatic carbocycles. The van der Waals surface area contributed by atoms with Crippen LogP contribution in [0, 0.1) is 0 Å². The molecule has 5 nitrogen and oxygen atoms in total. The van der Waals surface area contributed by atoms with E-state index in [1.54, 1.807) is 19.5 Å². The number of nitrogens with zero attached hydrogens (tertiary/aromatic N) is 1. The van der Waals surface area contributed by atoms with Gasteiger partial charge in [-0.05, 0) is 43.7 Å². The van der Waals surface area contributed by atoms with Crippen molar-refractivity contribution in [3.8, 4) is 11.5 Å². The fourth-order valence-corrected chi connectivity index (χ4v) is 2.62. The van der Waals surface area contributed by atoms with E-state index in [4.69, 9.17) is 25.8 Å². The number of halogens is 1. The lowest BCUT2D eigenvalue weighted by molar-refractivity contribution is 0.144. The smallest absolute Gasteiger partial charge is 0.180 e. The Morgan fingerprint density at radius 1 is 1.24 bits per heavy atom. The minimum absolute atomic E-state index is 0.388. The number of nitrogens with one attached hydrogen (secondary N) is 1. The molecule has 0 bridgehead atoms. The minimum Gasteiger partial charge on any atom is -0.493 e. The highest BCUT2D eigenvalue weighted by molar-refractivity contribution is 6.32. The van der Waals surface area contributed by atoms with Crippen molar-refractivity contribution in [2.75, 3.05) is 26.9 Å². The van der Waals surface area contributed by atoms with E-state index < -0.39 is 0 Å². The van der Waals surface area contributed by atoms with E-state index in [1.807, 2.05) is 31.2 Å². The Balaban J connectivity index is 1.92. The summed E-state index contributed by atoms with van der Waals surface area (Å²) in [7, 11) is 1.61. The molecule has 0 aliphatic heterocycles. The van der Waals surface area contributed by atoms with E-state index >= 15 is 0 Å². The molecule has 2 rings (SSSR count). The molecule has 0 unspecified atom stereocenters. The molecule has 1 N–H and O–H groups in total. The van der Waals surface area contributed by atoms with E-state index in [0.29, 0.717) is 29.7 Å². The van der Waals surface area contributed by atoms with Crippen molar-refractivity contribution >= 4 is 11.6 Å². The van der Waals surface area contributed by atoms with Crippen molar-refractivity contribution in [2.45, 2.75) is 26.5 Å². The molecule has 0 fully saturated rings. The number of methoxy groups -OCH3 is 1. The van der Waals surface area contributed by atoms with Crippen LogP contribution in [-0.4, -0.2) is 31.9 Å². The Morgan fingerprint density at radius 3 is 2.84 bits per heavy atom. The van der Waals surface area contributed by atoms with Gasteiger partial charge in [0.2, 0.25) is 0 Å². The van der Waals surface area contributed by atoms with Crippen molar-refractivity contribution in [1.82, 2.24) is 10.3 Å². The summed E-state index contributed by atoms with van der Waals surface area (Å²) in [6, 6.07) is 7.67. The topological polar surface area (TPSA) is 52.6 Å². The molecule has 136 valence electrons. The molecule has 0 saturated carbocycles. The Labute approximate surface area is 154 Å². The van der Waals surface area contributed by atoms with Crippen molar-refractivity contribution in [2.24, 2.45) is 0 Å². The van der Waals surface area contributed by atoms with Gasteiger partial charge in [-0.2, -0.15) is 0 Å². The monoisotopic (exact) mass is 364 g/mol. The third-order valence-electron chi connectivity index (χ3n) is 3.57. The van der Waals surface area contributed by atoms with Crippen LogP contribution >= 0.6 is 11.6 Å². The summed E-state index contributed by atoms with van der Waals surface area (Å²) in [6.45, 7) is 5.52. The number of pyridine rings is 1. The maximum atomic E-state index is 6.39. The maximum Gasteiger partial charge on any atom is 0.180 e. The van der Waals surface area contributed by atoms with Gasteiger partial charge in [-0.15, -0.1) is 0 Å². The second-order valence-corrected chi connectivity index (χ2v) is 5.89. The van der Waals surface area contributed by atoms with E-state index in [1.165, 1.54) is 0 Å². The summed E-state index contributed by atoms with van der Waals surface area (Å²) in [4.78, 5) is 4.08. The highest BCUT2D eigenvalue weighted by Crippen LogP contribution is 2.36. The van der Waals surface area contributed by atoms with Gasteiger partial charge in [-0.1, -0.05) is 17.7 Å². The van der Waals surface area contributed by atoms with Gasteiger partial charge in [-0.25, -0.2) is 0 Å². The maximum absolute atomic E-state index is 6.39. The van der Waals surface area contributed by atoms with Crippen LogP contribution in [0.3, 0.4) is 0 Å². The zero-order chi connectivity index (χ0) is 17.9. The average molecular weight is 365 g/mol. The van der Waals surface area contributed by atoms with Crippen molar-refractivity contribution in [1.29, 1.82) is 0 Å². The predicted octanol–water partition coefficient (Wildman–Crippen LogP) is 3.84. The zero-order valence-electron chi connectivity index (χ0n) is 14.8. The first-order valence-corrected chi connectivity index (χ1v) is 8.79. The van der Waals surface area contributed by atoms with E-state index in [2.05, 4.69) is 10.3 Å². The Bertz CT molecular complexity index is 638. The highest BCUT2D eigenvalue weighted by Gasteiger charge is 2.12. The average Bonchev–Trinajstić information content (AvgIpc) is 2.64. The van der Waals surface area contributed by atoms with Gasteiger partial charge in [-0.3, -0.25) is 4.98 Å². The molecular formula is C19H25ClN2O3. The van der Waals surface area contributed by atoms with Crippen molar-refractivity contribution < 1.29 is 14.2 Å². The standard InChI is InChI=1S/C19H25ClN2O3/c1-3-24-9-5-8-22-13-16-10-17(20)19(18(11-16)23-2)25-14-15-6-4-7-21-12-15/h4,6-7,10-12,22H,3,5,8-9,13-14H2,1-2H3. The van der Waals surface area contributed by atoms with Crippen LogP contribution in [0.4, 0.5) is 0 Å². The SMILES string of the molecule is CCOCCCNCc1cc(Cl)c(OCc2cccnc2)c(OC)c1. The summed E-state index contributed by atoms with van der Waals surface area (Å²) in [5.41, 5.74) is 2.02. The second-order valence-electron chi connectivity index (χ2n) is 5.49. The van der Waals surface area contributed by atoms with Gasteiger partial charge in [0.05, 0.1) is 12.1 Å². The molecule has 0 amide bonds. The summed E-state index contributed by atoms with van der Waals surface area (Å²) in [6.07, 6.45) is 4.47. The predicted molar refractivity (Wildman–Crippen MR) is 99.4 cm³/mol. The molecular weight excluding hydrogens is 340 g/mol. The Kier molecular flexibility index (Phi) is 8.52. The molecule has 1 heterocycles. The van der Waals surface area contributed by atoms with Crippen LogP contribution in [0.1, 0.15) is 24.5 Å². The molecule has 0 atom stereocenters. The lowest BCUT2D eigenvalue weighted by atomic mass is 10.2. The number of hydrogen-bond donors (Lipinski definition) is 1. The Morgan fingerprint density at radius 2 is 2.12 bits per heavy atom. The fourth-order valence-electron chi connectivity index (χ4n) is 2.33. The molecule has 6 heteroatoms. The molecule has 2 aromatic rings. The van der Waals surface area contributed by atoms with E-state index in [9.17, 15) is 0 Å². The first kappa shape index (κ1) is 19.5. The fraction of sp³-hybridized carbons (Fsp3) is 0.421. The molecule has 0 radical (unpaired) electrons. The summed E-state index contributed by atoms with van der Waals surface area (Å²) < 4.78 is 16.6. The van der Waals surface area contributed by atoms with Crippen molar-refractivity contribution in [3.63, 3.8) is 0 Å². The Hall–Kier alpha value is -1.82. The van der Waals surface area contributed by atoms with E-state index in [0.717, 1.165) is 37.3 Å². The van der Waals surface area contributed by atoms with Crippen LogP contribution in [-0.2, 0) is 17.9 Å². The van der Waals surface area contributed by atoms with Gasteiger partial charge in [0.25, 0.3) is 0 Å². The first-order chi connectivity index (χ1) is 12.2. The van der Waals surface area contributed by atoms with Crippen LogP contribution in [0.5, 0.6) is 11.5 Å². The largest absolute Gasteiger partial charge is 0.493 e. The molecule has 1 aromatic heterocycles. The molecule has 25 heavy (non-hydrogen) atoms. The third-order valence-corrected chi connectivity index (χ3v) is 3.85. The normalized spacial score (nSPS) is 10.7. The van der Waals surface area contributed by atoms with Crippen LogP contribution in [0.25, 0.3) is 0 Å².